The summed E-state index contributed by atoms with van der Waals surface area (Å²) in [7, 11) is 0. The second-order valence-electron chi connectivity index (χ2n) is 5.53. The number of hydrogen-bond acceptors (Lipinski definition) is 2. The van der Waals surface area contributed by atoms with E-state index in [1.54, 1.807) is 30.3 Å². The van der Waals surface area contributed by atoms with Crippen LogP contribution in [0.1, 0.15) is 31.9 Å². The maximum absolute atomic E-state index is 9.65. The summed E-state index contributed by atoms with van der Waals surface area (Å²) in [5.74, 6) is 0.765. The van der Waals surface area contributed by atoms with Crippen LogP contribution >= 0.6 is 23.2 Å². The number of nitrogen functional groups attached to an aromatic ring is 1. The molecule has 26 heavy (non-hydrogen) atoms. The van der Waals surface area contributed by atoms with Crippen molar-refractivity contribution in [3.05, 3.63) is 69.8 Å². The van der Waals surface area contributed by atoms with Crippen LogP contribution in [0.25, 0.3) is 22.8 Å². The number of nitrogens with two attached hydrogens (primary N) is 1. The molecule has 1 heterocycles. The first-order valence-electron chi connectivity index (χ1n) is 8.35. The molecule has 0 saturated carbocycles. The van der Waals surface area contributed by atoms with E-state index in [2.05, 4.69) is 4.98 Å². The average Bonchev–Trinajstić information content (AvgIpc) is 2.99. The topological polar surface area (TPSA) is 62.0 Å². The molecule has 0 spiro atoms. The molecule has 3 aromatic rings. The number of hydrogen-bond donors (Lipinski definition) is 3. The molecule has 1 aromatic heterocycles. The first-order valence-corrected chi connectivity index (χ1v) is 9.11. The van der Waals surface area contributed by atoms with Crippen molar-refractivity contribution in [1.82, 2.24) is 4.98 Å². The van der Waals surface area contributed by atoms with E-state index in [0.29, 0.717) is 15.9 Å². The number of nitrogens with one attached hydrogen (secondary N) is 1. The number of phenolic OH excluding ortho intramolecular Hbond substituents is 1. The molecule has 0 aliphatic carbocycles. The molecule has 0 unspecified atom stereocenters. The minimum Gasteiger partial charge on any atom is -0.508 e. The van der Waals surface area contributed by atoms with Crippen molar-refractivity contribution in [3.63, 3.8) is 0 Å². The minimum absolute atomic E-state index is 0.223. The van der Waals surface area contributed by atoms with Gasteiger partial charge < -0.3 is 15.8 Å². The fraction of sp³-hybridized carbons (Fsp3) is 0.143. The van der Waals surface area contributed by atoms with Crippen LogP contribution in [-0.2, 0) is 0 Å². The summed E-state index contributed by atoms with van der Waals surface area (Å²) in [5, 5.41) is 10.9. The van der Waals surface area contributed by atoms with Crippen LogP contribution in [-0.4, -0.2) is 10.1 Å². The van der Waals surface area contributed by atoms with Gasteiger partial charge in [0.15, 0.2) is 0 Å². The minimum atomic E-state index is 0.223. The van der Waals surface area contributed by atoms with Crippen molar-refractivity contribution in [2.45, 2.75) is 20.8 Å². The molecule has 3 rings (SSSR count). The molecule has 0 fully saturated rings. The SMILES string of the molecule is C/C(=C\c1c(-c2cc(Cl)ccc2Cl)c[nH]c1N)c1cccc(O)c1.CC. The molecular formula is C21H22Cl2N2O. The van der Waals surface area contributed by atoms with Crippen molar-refractivity contribution in [2.75, 3.05) is 5.73 Å². The summed E-state index contributed by atoms with van der Waals surface area (Å²) in [4.78, 5) is 3.03. The molecule has 3 nitrogen and oxygen atoms in total. The lowest BCUT2D eigenvalue weighted by molar-refractivity contribution is 0.475. The standard InChI is InChI=1S/C19H16Cl2N2O.C2H6/c1-11(12-3-2-4-14(24)8-12)7-16-17(10-23-19(16)22)15-9-13(20)5-6-18(15)21;1-2/h2-10,23-24H,22H2,1H3;1-2H3/b11-7+;. The van der Waals surface area contributed by atoms with Gasteiger partial charge in [-0.1, -0.05) is 49.2 Å². The number of H-pyrrole nitrogens is 1. The smallest absolute Gasteiger partial charge is 0.116 e. The highest BCUT2D eigenvalue weighted by molar-refractivity contribution is 6.35. The first-order chi connectivity index (χ1) is 12.5. The zero-order chi connectivity index (χ0) is 19.3. The Hall–Kier alpha value is -2.36. The van der Waals surface area contributed by atoms with Crippen LogP contribution in [0, 0.1) is 0 Å². The number of allylic oxidation sites excluding steroid dienone is 1. The largest absolute Gasteiger partial charge is 0.508 e. The lowest BCUT2D eigenvalue weighted by Gasteiger charge is -2.07. The number of anilines is 1. The van der Waals surface area contributed by atoms with Gasteiger partial charge in [0.2, 0.25) is 0 Å². The summed E-state index contributed by atoms with van der Waals surface area (Å²) in [6.45, 7) is 5.96. The molecular weight excluding hydrogens is 367 g/mol. The number of aromatic nitrogens is 1. The van der Waals surface area contributed by atoms with Gasteiger partial charge in [0, 0.05) is 32.9 Å². The molecule has 5 heteroatoms. The maximum Gasteiger partial charge on any atom is 0.116 e. The van der Waals surface area contributed by atoms with E-state index in [4.69, 9.17) is 28.9 Å². The highest BCUT2D eigenvalue weighted by Crippen LogP contribution is 2.36. The fourth-order valence-corrected chi connectivity index (χ4v) is 2.98. The Morgan fingerprint density at radius 2 is 1.81 bits per heavy atom. The van der Waals surface area contributed by atoms with Gasteiger partial charge in [-0.05, 0) is 54.5 Å². The number of benzene rings is 2. The van der Waals surface area contributed by atoms with E-state index in [1.165, 1.54) is 0 Å². The third kappa shape index (κ3) is 4.43. The van der Waals surface area contributed by atoms with Crippen LogP contribution in [0.5, 0.6) is 5.75 Å². The quantitative estimate of drug-likeness (QED) is 0.458. The Balaban J connectivity index is 0.00000117. The third-order valence-electron chi connectivity index (χ3n) is 3.83. The highest BCUT2D eigenvalue weighted by Gasteiger charge is 2.13. The average molecular weight is 389 g/mol. The molecule has 2 aromatic carbocycles. The van der Waals surface area contributed by atoms with Crippen molar-refractivity contribution >= 4 is 40.7 Å². The number of rotatable bonds is 3. The summed E-state index contributed by atoms with van der Waals surface area (Å²) in [5.41, 5.74) is 10.5. The molecule has 0 aliphatic heterocycles. The fourth-order valence-electron chi connectivity index (χ4n) is 2.58. The molecule has 136 valence electrons. The number of halogens is 2. The Labute approximate surface area is 164 Å². The summed E-state index contributed by atoms with van der Waals surface area (Å²) in [6, 6.07) is 12.4. The Bertz CT molecular complexity index is 930. The van der Waals surface area contributed by atoms with Gasteiger partial charge in [-0.15, -0.1) is 0 Å². The summed E-state index contributed by atoms with van der Waals surface area (Å²) < 4.78 is 0. The zero-order valence-electron chi connectivity index (χ0n) is 15.0. The van der Waals surface area contributed by atoms with E-state index < -0.39 is 0 Å². The zero-order valence-corrected chi connectivity index (χ0v) is 16.5. The highest BCUT2D eigenvalue weighted by atomic mass is 35.5. The van der Waals surface area contributed by atoms with Gasteiger partial charge in [0.25, 0.3) is 0 Å². The summed E-state index contributed by atoms with van der Waals surface area (Å²) in [6.07, 6.45) is 3.78. The molecule has 0 aliphatic rings. The summed E-state index contributed by atoms with van der Waals surface area (Å²) >= 11 is 12.4. The van der Waals surface area contributed by atoms with E-state index in [1.807, 2.05) is 45.2 Å². The van der Waals surface area contributed by atoms with Gasteiger partial charge in [0.05, 0.1) is 0 Å². The molecule has 0 radical (unpaired) electrons. The Morgan fingerprint density at radius 1 is 1.08 bits per heavy atom. The predicted octanol–water partition coefficient (Wildman–Crippen LogP) is 6.86. The van der Waals surface area contributed by atoms with Gasteiger partial charge in [-0.25, -0.2) is 0 Å². The lowest BCUT2D eigenvalue weighted by Crippen LogP contribution is -1.89. The normalized spacial score (nSPS) is 11.0. The van der Waals surface area contributed by atoms with Crippen LogP contribution < -0.4 is 5.73 Å². The molecule has 0 bridgehead atoms. The third-order valence-corrected chi connectivity index (χ3v) is 4.40. The number of aromatic hydroxyl groups is 1. The van der Waals surface area contributed by atoms with Crippen LogP contribution in [0.4, 0.5) is 5.82 Å². The second kappa shape index (κ2) is 8.84. The van der Waals surface area contributed by atoms with E-state index >= 15 is 0 Å². The number of phenols is 1. The van der Waals surface area contributed by atoms with E-state index in [0.717, 1.165) is 27.8 Å². The van der Waals surface area contributed by atoms with E-state index in [9.17, 15) is 5.11 Å². The monoisotopic (exact) mass is 388 g/mol. The number of aromatic amines is 1. The van der Waals surface area contributed by atoms with Crippen molar-refractivity contribution in [1.29, 1.82) is 0 Å². The predicted molar refractivity (Wildman–Crippen MR) is 114 cm³/mol. The lowest BCUT2D eigenvalue weighted by atomic mass is 9.99. The molecule has 0 amide bonds. The van der Waals surface area contributed by atoms with Gasteiger partial charge >= 0.3 is 0 Å². The van der Waals surface area contributed by atoms with Gasteiger partial charge in [0.1, 0.15) is 11.6 Å². The molecule has 0 atom stereocenters. The van der Waals surface area contributed by atoms with Crippen LogP contribution in [0.2, 0.25) is 10.0 Å². The Morgan fingerprint density at radius 3 is 2.50 bits per heavy atom. The van der Waals surface area contributed by atoms with Crippen molar-refractivity contribution < 1.29 is 5.11 Å². The van der Waals surface area contributed by atoms with Gasteiger partial charge in [-0.2, -0.15) is 0 Å². The maximum atomic E-state index is 9.65. The molecule has 4 N–H and O–H groups in total. The van der Waals surface area contributed by atoms with Crippen molar-refractivity contribution in [3.8, 4) is 16.9 Å². The Kier molecular flexibility index (Phi) is 6.78. The second-order valence-corrected chi connectivity index (χ2v) is 6.38. The van der Waals surface area contributed by atoms with E-state index in [-0.39, 0.29) is 5.75 Å². The van der Waals surface area contributed by atoms with Crippen molar-refractivity contribution in [2.24, 2.45) is 0 Å². The molecule has 0 saturated heterocycles. The van der Waals surface area contributed by atoms with Crippen LogP contribution in [0.15, 0.2) is 48.7 Å². The van der Waals surface area contributed by atoms with Gasteiger partial charge in [-0.3, -0.25) is 0 Å². The first kappa shape index (κ1) is 20.0. The van der Waals surface area contributed by atoms with Crippen LogP contribution in [0.3, 0.4) is 0 Å².